The number of hydrogen-bond donors (Lipinski definition) is 0. The fraction of sp³-hybridized carbons (Fsp3) is 0.714. The summed E-state index contributed by atoms with van der Waals surface area (Å²) in [6.07, 6.45) is 0. The van der Waals surface area contributed by atoms with Crippen LogP contribution in [0.15, 0.2) is 0 Å². The second kappa shape index (κ2) is 9.46. The first-order valence-electron chi connectivity index (χ1n) is 11.2. The van der Waals surface area contributed by atoms with E-state index in [0.717, 1.165) is 62.1 Å². The second-order valence-corrected chi connectivity index (χ2v) is 9.06. The molecule has 4 heterocycles. The Morgan fingerprint density at radius 2 is 1.78 bits per heavy atom. The zero-order valence-electron chi connectivity index (χ0n) is 19.3. The van der Waals surface area contributed by atoms with Crippen molar-refractivity contribution < 1.29 is 14.3 Å². The number of anilines is 1. The molecule has 0 aliphatic carbocycles. The number of rotatable bonds is 6. The Labute approximate surface area is 193 Å². The van der Waals surface area contributed by atoms with Gasteiger partial charge in [-0.3, -0.25) is 14.6 Å². The summed E-state index contributed by atoms with van der Waals surface area (Å²) in [7, 11) is 1.97. The quantitative estimate of drug-likeness (QED) is 0.462. The molecular formula is C21H32ClN7O3. The summed E-state index contributed by atoms with van der Waals surface area (Å²) in [5, 5.41) is 0.225. The summed E-state index contributed by atoms with van der Waals surface area (Å²) in [5.74, 6) is 1.52. The van der Waals surface area contributed by atoms with E-state index in [2.05, 4.69) is 24.7 Å². The molecule has 32 heavy (non-hydrogen) atoms. The Morgan fingerprint density at radius 3 is 2.44 bits per heavy atom. The molecule has 2 aromatic rings. The van der Waals surface area contributed by atoms with Crippen LogP contribution in [0.3, 0.4) is 0 Å². The number of hydrogen-bond acceptors (Lipinski definition) is 9. The molecular weight excluding hydrogens is 434 g/mol. The maximum absolute atomic E-state index is 12.3. The minimum absolute atomic E-state index is 0.171. The summed E-state index contributed by atoms with van der Waals surface area (Å²) in [6, 6.07) is 0. The lowest BCUT2D eigenvalue weighted by Gasteiger charge is -2.42. The molecule has 0 aromatic carbocycles. The van der Waals surface area contributed by atoms with Crippen molar-refractivity contribution in [3.63, 3.8) is 0 Å². The highest BCUT2D eigenvalue weighted by molar-refractivity contribution is 6.28. The number of halogens is 1. The zero-order chi connectivity index (χ0) is 22.9. The van der Waals surface area contributed by atoms with Gasteiger partial charge < -0.3 is 18.9 Å². The topological polar surface area (TPSA) is 88.8 Å². The molecule has 2 saturated heterocycles. The lowest BCUT2D eigenvalue weighted by atomic mass is 10.0. The van der Waals surface area contributed by atoms with Crippen molar-refractivity contribution in [2.45, 2.75) is 32.9 Å². The Kier molecular flexibility index (Phi) is 6.85. The van der Waals surface area contributed by atoms with Crippen LogP contribution in [0.1, 0.15) is 26.6 Å². The first-order chi connectivity index (χ1) is 15.3. The number of carbonyl (C=O) groups excluding carboxylic acids is 1. The highest BCUT2D eigenvalue weighted by atomic mass is 35.5. The molecule has 0 atom stereocenters. The van der Waals surface area contributed by atoms with Crippen molar-refractivity contribution >= 4 is 34.6 Å². The summed E-state index contributed by atoms with van der Waals surface area (Å²) in [6.45, 7) is 12.9. The molecule has 0 radical (unpaired) electrons. The first kappa shape index (κ1) is 23.2. The van der Waals surface area contributed by atoms with Crippen LogP contribution in [-0.2, 0) is 27.9 Å². The monoisotopic (exact) mass is 465 g/mol. The molecule has 0 amide bonds. The molecule has 10 nitrogen and oxygen atoms in total. The molecule has 0 saturated carbocycles. The smallest absolute Gasteiger partial charge is 0.325 e. The third-order valence-corrected chi connectivity index (χ3v) is 6.55. The molecule has 0 spiro atoms. The fourth-order valence-electron chi connectivity index (χ4n) is 4.30. The van der Waals surface area contributed by atoms with E-state index in [4.69, 9.17) is 26.1 Å². The highest BCUT2D eigenvalue weighted by Gasteiger charge is 2.37. The van der Waals surface area contributed by atoms with Gasteiger partial charge in [0.2, 0.25) is 5.28 Å². The van der Waals surface area contributed by atoms with Gasteiger partial charge in [-0.05, 0) is 32.4 Å². The Bertz CT molecular complexity index is 966. The third-order valence-electron chi connectivity index (χ3n) is 6.38. The van der Waals surface area contributed by atoms with Crippen molar-refractivity contribution in [1.29, 1.82) is 0 Å². The second-order valence-electron chi connectivity index (χ2n) is 8.72. The molecule has 11 heteroatoms. The predicted molar refractivity (Wildman–Crippen MR) is 122 cm³/mol. The van der Waals surface area contributed by atoms with Gasteiger partial charge in [0.25, 0.3) is 0 Å². The number of carbonyl (C=O) groups is 1. The van der Waals surface area contributed by atoms with E-state index in [1.165, 1.54) is 0 Å². The fourth-order valence-corrected chi connectivity index (χ4v) is 4.46. The zero-order valence-corrected chi connectivity index (χ0v) is 20.1. The van der Waals surface area contributed by atoms with Gasteiger partial charge in [-0.15, -0.1) is 0 Å². The highest BCUT2D eigenvalue weighted by Crippen LogP contribution is 2.27. The molecule has 0 N–H and O–H groups in total. The van der Waals surface area contributed by atoms with Gasteiger partial charge in [-0.25, -0.2) is 4.98 Å². The van der Waals surface area contributed by atoms with Crippen molar-refractivity contribution in [3.8, 4) is 0 Å². The van der Waals surface area contributed by atoms with Crippen LogP contribution < -0.4 is 4.90 Å². The van der Waals surface area contributed by atoms with E-state index in [-0.39, 0.29) is 11.3 Å². The Morgan fingerprint density at radius 1 is 1.09 bits per heavy atom. The molecule has 0 bridgehead atoms. The Hall–Kier alpha value is -2.01. The van der Waals surface area contributed by atoms with Crippen LogP contribution in [0.2, 0.25) is 5.28 Å². The number of aromatic nitrogens is 4. The molecule has 176 valence electrons. The number of ether oxygens (including phenoxy) is 2. The van der Waals surface area contributed by atoms with E-state index in [0.29, 0.717) is 26.4 Å². The van der Waals surface area contributed by atoms with Crippen LogP contribution in [0.5, 0.6) is 0 Å². The molecule has 2 aromatic heterocycles. The standard InChI is InChI=1S/C21H32ClN7O3/c1-5-32-19(30)21(2,3)29-8-6-27(7-9-29)14-15-23-16-17(26(15)4)24-20(22)25-18(16)28-10-12-31-13-11-28/h5-14H2,1-4H3. The van der Waals surface area contributed by atoms with Gasteiger partial charge in [0.15, 0.2) is 17.0 Å². The number of imidazole rings is 1. The van der Waals surface area contributed by atoms with Crippen LogP contribution in [-0.4, -0.2) is 99.9 Å². The Balaban J connectivity index is 1.48. The summed E-state index contributed by atoms with van der Waals surface area (Å²) >= 11 is 6.25. The van der Waals surface area contributed by atoms with E-state index >= 15 is 0 Å². The molecule has 0 unspecified atom stereocenters. The average molecular weight is 466 g/mol. The number of nitrogens with zero attached hydrogens (tertiary/aromatic N) is 7. The number of fused-ring (bicyclic) bond motifs is 1. The van der Waals surface area contributed by atoms with Gasteiger partial charge in [-0.2, -0.15) is 9.97 Å². The average Bonchev–Trinajstić information content (AvgIpc) is 3.09. The summed E-state index contributed by atoms with van der Waals surface area (Å²) < 4.78 is 12.7. The lowest BCUT2D eigenvalue weighted by molar-refractivity contribution is -0.157. The molecule has 2 aliphatic rings. The van der Waals surface area contributed by atoms with Crippen LogP contribution in [0.25, 0.3) is 11.2 Å². The van der Waals surface area contributed by atoms with Crippen molar-refractivity contribution in [2.75, 3.05) is 64.0 Å². The molecule has 2 fully saturated rings. The van der Waals surface area contributed by atoms with Crippen molar-refractivity contribution in [3.05, 3.63) is 11.1 Å². The normalized spacial score (nSPS) is 19.0. The van der Waals surface area contributed by atoms with Gasteiger partial charge >= 0.3 is 5.97 Å². The van der Waals surface area contributed by atoms with E-state index in [1.807, 2.05) is 32.4 Å². The SMILES string of the molecule is CCOC(=O)C(C)(C)N1CCN(Cc2nc3c(N4CCOCC4)nc(Cl)nc3n2C)CC1. The third kappa shape index (κ3) is 4.54. The van der Waals surface area contributed by atoms with E-state index < -0.39 is 5.54 Å². The van der Waals surface area contributed by atoms with E-state index in [9.17, 15) is 4.79 Å². The summed E-state index contributed by atoms with van der Waals surface area (Å²) in [4.78, 5) is 32.9. The van der Waals surface area contributed by atoms with Gasteiger partial charge in [-0.1, -0.05) is 0 Å². The minimum atomic E-state index is -0.626. The van der Waals surface area contributed by atoms with Crippen molar-refractivity contribution in [2.24, 2.45) is 7.05 Å². The van der Waals surface area contributed by atoms with Gasteiger partial charge in [0, 0.05) is 46.3 Å². The molecule has 2 aliphatic heterocycles. The van der Waals surface area contributed by atoms with E-state index in [1.54, 1.807) is 0 Å². The van der Waals surface area contributed by atoms with Crippen LogP contribution >= 0.6 is 11.6 Å². The number of piperazine rings is 1. The summed E-state index contributed by atoms with van der Waals surface area (Å²) in [5.41, 5.74) is 0.888. The van der Waals surface area contributed by atoms with Gasteiger partial charge in [0.1, 0.15) is 11.4 Å². The number of morpholine rings is 1. The number of aryl methyl sites for hydroxylation is 1. The largest absolute Gasteiger partial charge is 0.465 e. The minimum Gasteiger partial charge on any atom is -0.465 e. The maximum Gasteiger partial charge on any atom is 0.325 e. The van der Waals surface area contributed by atoms with Crippen LogP contribution in [0.4, 0.5) is 5.82 Å². The predicted octanol–water partition coefficient (Wildman–Crippen LogP) is 1.31. The van der Waals surface area contributed by atoms with Crippen molar-refractivity contribution in [1.82, 2.24) is 29.3 Å². The number of esters is 1. The lowest BCUT2D eigenvalue weighted by Crippen LogP contribution is -2.58. The van der Waals surface area contributed by atoms with Gasteiger partial charge in [0.05, 0.1) is 26.4 Å². The first-order valence-corrected chi connectivity index (χ1v) is 11.5. The molecule has 4 rings (SSSR count). The maximum atomic E-state index is 12.3. The van der Waals surface area contributed by atoms with Crippen LogP contribution in [0, 0.1) is 0 Å².